The van der Waals surface area contributed by atoms with Crippen LogP contribution in [0.3, 0.4) is 0 Å². The van der Waals surface area contributed by atoms with Gasteiger partial charge in [0.1, 0.15) is 11.2 Å². The van der Waals surface area contributed by atoms with Gasteiger partial charge in [0.15, 0.2) is 5.69 Å². The molecule has 3 aromatic rings. The monoisotopic (exact) mass is 475 g/mol. The first-order valence-corrected chi connectivity index (χ1v) is 10.3. The van der Waals surface area contributed by atoms with Crippen LogP contribution in [0.15, 0.2) is 54.6 Å². The summed E-state index contributed by atoms with van der Waals surface area (Å²) in [6, 6.07) is 12.7. The fraction of sp³-hybridized carbons (Fsp3) is 0.292. The van der Waals surface area contributed by atoms with Crippen LogP contribution in [-0.4, -0.2) is 34.4 Å². The minimum absolute atomic E-state index is 0.0293. The molecule has 4 rings (SSSR count). The van der Waals surface area contributed by atoms with Gasteiger partial charge < -0.3 is 15.2 Å². The number of benzene rings is 2. The van der Waals surface area contributed by atoms with Gasteiger partial charge in [-0.25, -0.2) is 4.39 Å². The maximum atomic E-state index is 13.1. The van der Waals surface area contributed by atoms with Crippen molar-refractivity contribution in [3.63, 3.8) is 0 Å². The average molecular weight is 475 g/mol. The third-order valence-corrected chi connectivity index (χ3v) is 5.69. The largest absolute Gasteiger partial charge is 0.435 e. The highest BCUT2D eigenvalue weighted by molar-refractivity contribution is 6.00. The number of rotatable bonds is 5. The Morgan fingerprint density at radius 2 is 1.65 bits per heavy atom. The summed E-state index contributed by atoms with van der Waals surface area (Å²) in [6.07, 6.45) is -4.70. The molecule has 178 valence electrons. The van der Waals surface area contributed by atoms with E-state index in [2.05, 4.69) is 15.5 Å². The standard InChI is InChI=1S/C24H21F4N3O3/c1-22(2,33)18-11-19(24(26,27)28)30-31-20(18)14-3-5-15(6-4-14)23(12-34-13-23)21(32)29-17-9-7-16(25)8-10-17/h3-11,33H,12-13H2,1-2H3,(H,29,32). The fourth-order valence-corrected chi connectivity index (χ4v) is 3.68. The van der Waals surface area contributed by atoms with Crippen LogP contribution in [0.1, 0.15) is 30.7 Å². The Morgan fingerprint density at radius 1 is 1.03 bits per heavy atom. The second-order valence-electron chi connectivity index (χ2n) is 8.66. The summed E-state index contributed by atoms with van der Waals surface area (Å²) in [6.45, 7) is 2.99. The first-order chi connectivity index (χ1) is 15.9. The molecule has 2 heterocycles. The van der Waals surface area contributed by atoms with Crippen molar-refractivity contribution in [2.24, 2.45) is 0 Å². The Morgan fingerprint density at radius 3 is 2.15 bits per heavy atom. The lowest BCUT2D eigenvalue weighted by Gasteiger charge is -2.40. The van der Waals surface area contributed by atoms with Gasteiger partial charge in [-0.2, -0.15) is 13.2 Å². The lowest BCUT2D eigenvalue weighted by Crippen LogP contribution is -2.55. The van der Waals surface area contributed by atoms with E-state index < -0.39 is 28.7 Å². The molecule has 1 aliphatic heterocycles. The number of carbonyl (C=O) groups is 1. The molecular weight excluding hydrogens is 454 g/mol. The van der Waals surface area contributed by atoms with E-state index in [9.17, 15) is 27.5 Å². The summed E-state index contributed by atoms with van der Waals surface area (Å²) in [5.41, 5.74) is -2.22. The van der Waals surface area contributed by atoms with E-state index in [0.29, 0.717) is 16.8 Å². The number of anilines is 1. The van der Waals surface area contributed by atoms with Crippen LogP contribution in [0.4, 0.5) is 23.2 Å². The number of aliphatic hydroxyl groups is 1. The summed E-state index contributed by atoms with van der Waals surface area (Å²) in [7, 11) is 0. The molecule has 1 amide bonds. The number of hydrogen-bond donors (Lipinski definition) is 2. The van der Waals surface area contributed by atoms with E-state index in [-0.39, 0.29) is 30.4 Å². The predicted molar refractivity (Wildman–Crippen MR) is 115 cm³/mol. The highest BCUT2D eigenvalue weighted by Crippen LogP contribution is 2.37. The van der Waals surface area contributed by atoms with E-state index >= 15 is 0 Å². The second kappa shape index (κ2) is 8.44. The predicted octanol–water partition coefficient (Wildman–Crippen LogP) is 4.44. The van der Waals surface area contributed by atoms with Crippen molar-refractivity contribution >= 4 is 11.6 Å². The second-order valence-corrected chi connectivity index (χ2v) is 8.66. The van der Waals surface area contributed by atoms with Crippen molar-refractivity contribution in [1.82, 2.24) is 10.2 Å². The molecule has 10 heteroatoms. The molecule has 1 aromatic heterocycles. The molecule has 34 heavy (non-hydrogen) atoms. The van der Waals surface area contributed by atoms with Gasteiger partial charge in [0.2, 0.25) is 5.91 Å². The highest BCUT2D eigenvalue weighted by Gasteiger charge is 2.47. The van der Waals surface area contributed by atoms with Gasteiger partial charge in [0.05, 0.1) is 24.5 Å². The normalized spacial score (nSPS) is 15.5. The fourth-order valence-electron chi connectivity index (χ4n) is 3.68. The van der Waals surface area contributed by atoms with Gasteiger partial charge >= 0.3 is 6.18 Å². The zero-order valence-electron chi connectivity index (χ0n) is 18.3. The van der Waals surface area contributed by atoms with Gasteiger partial charge in [0, 0.05) is 16.8 Å². The minimum Gasteiger partial charge on any atom is -0.386 e. The maximum absolute atomic E-state index is 13.1. The zero-order chi connectivity index (χ0) is 24.7. The van der Waals surface area contributed by atoms with Gasteiger partial charge in [-0.3, -0.25) is 4.79 Å². The molecule has 2 N–H and O–H groups in total. The molecule has 0 spiro atoms. The highest BCUT2D eigenvalue weighted by atomic mass is 19.4. The number of halogens is 4. The molecule has 6 nitrogen and oxygen atoms in total. The van der Waals surface area contributed by atoms with Crippen LogP contribution in [0.5, 0.6) is 0 Å². The van der Waals surface area contributed by atoms with Crippen LogP contribution < -0.4 is 5.32 Å². The number of hydrogen-bond acceptors (Lipinski definition) is 5. The van der Waals surface area contributed by atoms with E-state index in [0.717, 1.165) is 6.07 Å². The summed E-state index contributed by atoms with van der Waals surface area (Å²) in [5.74, 6) is -0.753. The molecule has 0 aliphatic carbocycles. The molecule has 0 bridgehead atoms. The topological polar surface area (TPSA) is 84.3 Å². The third-order valence-electron chi connectivity index (χ3n) is 5.69. The Kier molecular flexibility index (Phi) is 5.91. The van der Waals surface area contributed by atoms with E-state index in [1.165, 1.54) is 38.1 Å². The van der Waals surface area contributed by atoms with Crippen LogP contribution in [0.25, 0.3) is 11.3 Å². The average Bonchev–Trinajstić information content (AvgIpc) is 2.73. The van der Waals surface area contributed by atoms with Gasteiger partial charge in [0.25, 0.3) is 0 Å². The van der Waals surface area contributed by atoms with Crippen molar-refractivity contribution in [1.29, 1.82) is 0 Å². The van der Waals surface area contributed by atoms with Crippen LogP contribution >= 0.6 is 0 Å². The Bertz CT molecular complexity index is 1200. The number of nitrogens with one attached hydrogen (secondary N) is 1. The van der Waals surface area contributed by atoms with Crippen molar-refractivity contribution in [2.75, 3.05) is 18.5 Å². The summed E-state index contributed by atoms with van der Waals surface area (Å²) in [4.78, 5) is 13.0. The SMILES string of the molecule is CC(C)(O)c1cc(C(F)(F)F)nnc1-c1ccc(C2(C(=O)Nc3ccc(F)cc3)COC2)cc1. The number of alkyl halides is 3. The maximum Gasteiger partial charge on any atom is 0.435 e. The molecule has 0 atom stereocenters. The molecule has 2 aromatic carbocycles. The Balaban J connectivity index is 1.65. The molecule has 1 aliphatic rings. The van der Waals surface area contributed by atoms with E-state index in [4.69, 9.17) is 4.74 Å². The lowest BCUT2D eigenvalue weighted by molar-refractivity contribution is -0.142. The van der Waals surface area contributed by atoms with E-state index in [1.807, 2.05) is 0 Å². The van der Waals surface area contributed by atoms with Gasteiger partial charge in [-0.15, -0.1) is 10.2 Å². The number of ether oxygens (including phenoxy) is 1. The molecule has 0 unspecified atom stereocenters. The zero-order valence-corrected chi connectivity index (χ0v) is 18.3. The number of nitrogens with zero attached hydrogens (tertiary/aromatic N) is 2. The van der Waals surface area contributed by atoms with Gasteiger partial charge in [-0.05, 0) is 49.7 Å². The van der Waals surface area contributed by atoms with Crippen molar-refractivity contribution in [3.05, 3.63) is 77.2 Å². The molecule has 1 fully saturated rings. The Labute approximate surface area is 192 Å². The molecule has 1 saturated heterocycles. The number of carbonyl (C=O) groups excluding carboxylic acids is 1. The molecule has 0 radical (unpaired) electrons. The molecule has 0 saturated carbocycles. The van der Waals surface area contributed by atoms with Crippen LogP contribution in [-0.2, 0) is 26.7 Å². The first kappa shape index (κ1) is 23.8. The number of amides is 1. The minimum atomic E-state index is -4.70. The first-order valence-electron chi connectivity index (χ1n) is 10.3. The third kappa shape index (κ3) is 4.51. The van der Waals surface area contributed by atoms with Gasteiger partial charge in [-0.1, -0.05) is 24.3 Å². The van der Waals surface area contributed by atoms with Crippen molar-refractivity contribution in [3.8, 4) is 11.3 Å². The smallest absolute Gasteiger partial charge is 0.386 e. The van der Waals surface area contributed by atoms with Crippen LogP contribution in [0, 0.1) is 5.82 Å². The Hall–Kier alpha value is -3.37. The van der Waals surface area contributed by atoms with Crippen LogP contribution in [0.2, 0.25) is 0 Å². The summed E-state index contributed by atoms with van der Waals surface area (Å²) < 4.78 is 57.8. The van der Waals surface area contributed by atoms with E-state index in [1.54, 1.807) is 24.3 Å². The van der Waals surface area contributed by atoms with Crippen molar-refractivity contribution in [2.45, 2.75) is 31.0 Å². The quantitative estimate of drug-likeness (QED) is 0.534. The lowest BCUT2D eigenvalue weighted by atomic mass is 9.77. The van der Waals surface area contributed by atoms with Crippen molar-refractivity contribution < 1.29 is 32.2 Å². The molecular formula is C24H21F4N3O3. The summed E-state index contributed by atoms with van der Waals surface area (Å²) >= 11 is 0. The number of aromatic nitrogens is 2. The summed E-state index contributed by atoms with van der Waals surface area (Å²) in [5, 5.41) is 20.2.